The maximum atomic E-state index is 13.4. The van der Waals surface area contributed by atoms with E-state index in [2.05, 4.69) is 19.3 Å². The molecule has 4 unspecified atom stereocenters. The van der Waals surface area contributed by atoms with Crippen LogP contribution in [0.25, 0.3) is 0 Å². The van der Waals surface area contributed by atoms with Crippen molar-refractivity contribution in [2.24, 2.45) is 17.8 Å². The molecule has 19 heavy (non-hydrogen) atoms. The summed E-state index contributed by atoms with van der Waals surface area (Å²) in [5.74, 6) is 2.57. The lowest BCUT2D eigenvalue weighted by molar-refractivity contribution is 0.255. The molecule has 0 heterocycles. The molecule has 2 aliphatic carbocycles. The first-order valence-electron chi connectivity index (χ1n) is 7.59. The summed E-state index contributed by atoms with van der Waals surface area (Å²) in [6, 6.07) is 5.69. The van der Waals surface area contributed by atoms with Gasteiger partial charge in [-0.2, -0.15) is 0 Å². The molecule has 0 aliphatic heterocycles. The number of rotatable bonds is 4. The second-order valence-corrected chi connectivity index (χ2v) is 6.51. The summed E-state index contributed by atoms with van der Waals surface area (Å²) in [6.45, 7) is 2.09. The maximum Gasteiger partial charge on any atom is 0.123 e. The Morgan fingerprint density at radius 3 is 2.79 bits per heavy atom. The largest absolute Gasteiger partial charge is 0.316 e. The summed E-state index contributed by atoms with van der Waals surface area (Å²) >= 11 is 0. The molecule has 2 bridgehead atoms. The lowest BCUT2D eigenvalue weighted by Crippen LogP contribution is -2.38. The zero-order valence-corrected chi connectivity index (χ0v) is 12.0. The molecule has 1 aromatic carbocycles. The van der Waals surface area contributed by atoms with Gasteiger partial charge in [-0.3, -0.25) is 0 Å². The molecular formula is C17H24FN. The Morgan fingerprint density at radius 1 is 1.32 bits per heavy atom. The first-order chi connectivity index (χ1) is 9.17. The highest BCUT2D eigenvalue weighted by Gasteiger charge is 2.42. The van der Waals surface area contributed by atoms with Gasteiger partial charge in [0.05, 0.1) is 0 Å². The van der Waals surface area contributed by atoms with Crippen molar-refractivity contribution in [3.05, 3.63) is 35.1 Å². The van der Waals surface area contributed by atoms with Crippen molar-refractivity contribution in [2.75, 3.05) is 7.05 Å². The average molecular weight is 261 g/mol. The number of likely N-dealkylation sites (N-methyl/N-ethyl adjacent to an activating group) is 1. The van der Waals surface area contributed by atoms with Gasteiger partial charge in [-0.15, -0.1) is 0 Å². The van der Waals surface area contributed by atoms with Crippen molar-refractivity contribution in [2.45, 2.75) is 45.1 Å². The molecule has 1 N–H and O–H groups in total. The first kappa shape index (κ1) is 13.1. The molecule has 2 saturated carbocycles. The van der Waals surface area contributed by atoms with Gasteiger partial charge in [-0.25, -0.2) is 4.39 Å². The quantitative estimate of drug-likeness (QED) is 0.871. The van der Waals surface area contributed by atoms with Crippen LogP contribution in [-0.4, -0.2) is 13.1 Å². The van der Waals surface area contributed by atoms with Gasteiger partial charge in [0.1, 0.15) is 5.82 Å². The third kappa shape index (κ3) is 2.55. The molecule has 2 heteroatoms. The van der Waals surface area contributed by atoms with Gasteiger partial charge in [-0.05, 0) is 80.7 Å². The molecule has 0 aromatic heterocycles. The first-order valence-corrected chi connectivity index (χ1v) is 7.59. The smallest absolute Gasteiger partial charge is 0.123 e. The average Bonchev–Trinajstić information content (AvgIpc) is 3.02. The number of hydrogen-bond donors (Lipinski definition) is 1. The summed E-state index contributed by atoms with van der Waals surface area (Å²) in [7, 11) is 2.06. The molecule has 1 nitrogen and oxygen atoms in total. The minimum absolute atomic E-state index is 0.108. The summed E-state index contributed by atoms with van der Waals surface area (Å²) in [4.78, 5) is 0. The van der Waals surface area contributed by atoms with Crippen molar-refractivity contribution in [3.63, 3.8) is 0 Å². The van der Waals surface area contributed by atoms with Gasteiger partial charge in [-0.1, -0.05) is 12.5 Å². The summed E-state index contributed by atoms with van der Waals surface area (Å²) < 4.78 is 13.4. The highest BCUT2D eigenvalue weighted by molar-refractivity contribution is 5.27. The van der Waals surface area contributed by atoms with E-state index in [0.29, 0.717) is 6.04 Å². The van der Waals surface area contributed by atoms with Crippen molar-refractivity contribution >= 4 is 0 Å². The highest BCUT2D eigenvalue weighted by atomic mass is 19.1. The van der Waals surface area contributed by atoms with E-state index in [1.807, 2.05) is 6.07 Å². The van der Waals surface area contributed by atoms with Crippen LogP contribution in [0.2, 0.25) is 0 Å². The van der Waals surface area contributed by atoms with E-state index >= 15 is 0 Å². The van der Waals surface area contributed by atoms with Gasteiger partial charge in [0.25, 0.3) is 0 Å². The van der Waals surface area contributed by atoms with Gasteiger partial charge in [0.2, 0.25) is 0 Å². The van der Waals surface area contributed by atoms with Crippen molar-refractivity contribution in [1.29, 1.82) is 0 Å². The lowest BCUT2D eigenvalue weighted by Gasteiger charge is -2.31. The maximum absolute atomic E-state index is 13.4. The number of fused-ring (bicyclic) bond motifs is 2. The lowest BCUT2D eigenvalue weighted by atomic mass is 9.80. The summed E-state index contributed by atoms with van der Waals surface area (Å²) in [6.07, 6.45) is 6.63. The SMILES string of the molecule is CNC(Cc1cc(F)ccc1C)C1CC2CCC1C2. The number of benzene rings is 1. The number of nitrogens with one attached hydrogen (secondary N) is 1. The fourth-order valence-electron chi connectivity index (χ4n) is 4.35. The predicted octanol–water partition coefficient (Wildman–Crippen LogP) is 3.70. The van der Waals surface area contributed by atoms with E-state index < -0.39 is 0 Å². The highest BCUT2D eigenvalue weighted by Crippen LogP contribution is 2.49. The minimum atomic E-state index is -0.108. The van der Waals surface area contributed by atoms with E-state index in [1.54, 1.807) is 12.1 Å². The van der Waals surface area contributed by atoms with Gasteiger partial charge < -0.3 is 5.32 Å². The van der Waals surface area contributed by atoms with Crippen LogP contribution in [0.4, 0.5) is 4.39 Å². The van der Waals surface area contributed by atoms with Crippen LogP contribution in [0.1, 0.15) is 36.8 Å². The van der Waals surface area contributed by atoms with Crippen LogP contribution < -0.4 is 5.32 Å². The molecule has 3 rings (SSSR count). The summed E-state index contributed by atoms with van der Waals surface area (Å²) in [5, 5.41) is 3.50. The van der Waals surface area contributed by atoms with Crippen LogP contribution in [-0.2, 0) is 6.42 Å². The molecule has 4 atom stereocenters. The van der Waals surface area contributed by atoms with Crippen LogP contribution >= 0.6 is 0 Å². The fourth-order valence-corrected chi connectivity index (χ4v) is 4.35. The molecule has 0 amide bonds. The Kier molecular flexibility index (Phi) is 3.62. The van der Waals surface area contributed by atoms with Gasteiger partial charge >= 0.3 is 0 Å². The number of aryl methyl sites for hydroxylation is 1. The van der Waals surface area contributed by atoms with Crippen LogP contribution in [0.15, 0.2) is 18.2 Å². The molecule has 104 valence electrons. The zero-order valence-electron chi connectivity index (χ0n) is 12.0. The van der Waals surface area contributed by atoms with E-state index in [0.717, 1.165) is 24.2 Å². The Labute approximate surface area is 115 Å². The Hall–Kier alpha value is -0.890. The molecule has 0 spiro atoms. The van der Waals surface area contributed by atoms with E-state index in [-0.39, 0.29) is 5.82 Å². The second kappa shape index (κ2) is 5.24. The predicted molar refractivity (Wildman–Crippen MR) is 76.6 cm³/mol. The molecule has 1 aromatic rings. The van der Waals surface area contributed by atoms with Crippen LogP contribution in [0, 0.1) is 30.5 Å². The Bertz CT molecular complexity index is 457. The topological polar surface area (TPSA) is 12.0 Å². The van der Waals surface area contributed by atoms with E-state index in [4.69, 9.17) is 0 Å². The molecular weight excluding hydrogens is 237 g/mol. The van der Waals surface area contributed by atoms with E-state index in [1.165, 1.54) is 36.8 Å². The van der Waals surface area contributed by atoms with Crippen LogP contribution in [0.3, 0.4) is 0 Å². The molecule has 2 aliphatic rings. The monoisotopic (exact) mass is 261 g/mol. The Morgan fingerprint density at radius 2 is 2.16 bits per heavy atom. The second-order valence-electron chi connectivity index (χ2n) is 6.51. The molecule has 0 saturated heterocycles. The number of hydrogen-bond acceptors (Lipinski definition) is 1. The van der Waals surface area contributed by atoms with Crippen molar-refractivity contribution in [1.82, 2.24) is 5.32 Å². The van der Waals surface area contributed by atoms with Crippen molar-refractivity contribution < 1.29 is 4.39 Å². The third-order valence-electron chi connectivity index (χ3n) is 5.43. The normalized spacial score (nSPS) is 30.8. The fraction of sp³-hybridized carbons (Fsp3) is 0.647. The Balaban J connectivity index is 1.74. The van der Waals surface area contributed by atoms with Crippen LogP contribution in [0.5, 0.6) is 0 Å². The summed E-state index contributed by atoms with van der Waals surface area (Å²) in [5.41, 5.74) is 2.38. The molecule has 2 fully saturated rings. The third-order valence-corrected chi connectivity index (χ3v) is 5.43. The zero-order chi connectivity index (χ0) is 13.4. The van der Waals surface area contributed by atoms with Crippen molar-refractivity contribution in [3.8, 4) is 0 Å². The number of halogens is 1. The van der Waals surface area contributed by atoms with Gasteiger partial charge in [0, 0.05) is 6.04 Å². The van der Waals surface area contributed by atoms with E-state index in [9.17, 15) is 4.39 Å². The standard InChI is InChI=1S/C17H24FN/c1-11-3-6-15(18)9-14(11)10-17(19-2)16-8-12-4-5-13(16)7-12/h3,6,9,12-13,16-17,19H,4-5,7-8,10H2,1-2H3. The molecule has 0 radical (unpaired) electrons. The van der Waals surface area contributed by atoms with Gasteiger partial charge in [0.15, 0.2) is 0 Å². The minimum Gasteiger partial charge on any atom is -0.316 e.